The number of benzene rings is 6. The van der Waals surface area contributed by atoms with Crippen LogP contribution < -0.4 is 16.0 Å². The highest BCUT2D eigenvalue weighted by Gasteiger charge is 2.33. The predicted molar refractivity (Wildman–Crippen MR) is 268 cm³/mol. The largest absolute Gasteiger partial charge is 0.446 e. The molecule has 81 heavy (non-hydrogen) atoms. The molecule has 0 radical (unpaired) electrons. The van der Waals surface area contributed by atoms with Gasteiger partial charge in [-0.25, -0.2) is 4.39 Å². The third-order valence-electron chi connectivity index (χ3n) is 9.53. The van der Waals surface area contributed by atoms with Gasteiger partial charge in [-0.3, -0.25) is 30.3 Å². The molecule has 3 heterocycles. The highest BCUT2D eigenvalue weighted by molar-refractivity contribution is 8.00. The number of carbonyl (C=O) groups excluding carboxylic acids is 3. The van der Waals surface area contributed by atoms with Crippen molar-refractivity contribution in [3.63, 3.8) is 0 Å². The molecular formula is C49H27ClF13N9O6S3. The van der Waals surface area contributed by atoms with Gasteiger partial charge in [0.05, 0.1) is 5.56 Å². The van der Waals surface area contributed by atoms with Crippen molar-refractivity contribution in [3.8, 4) is 34.4 Å². The van der Waals surface area contributed by atoms with Crippen LogP contribution >= 0.6 is 46.9 Å². The maximum absolute atomic E-state index is 12.9. The van der Waals surface area contributed by atoms with Crippen LogP contribution in [0.4, 0.5) is 75.1 Å². The van der Waals surface area contributed by atoms with Crippen LogP contribution in [0.1, 0.15) is 36.6 Å². The third kappa shape index (κ3) is 18.9. The Morgan fingerprint density at radius 1 is 0.407 bits per heavy atom. The fraction of sp³-hybridized carbons (Fsp3) is 0.0816. The summed E-state index contributed by atoms with van der Waals surface area (Å²) in [6.45, 7) is 0. The number of aromatic nitrogens is 6. The van der Waals surface area contributed by atoms with Crippen LogP contribution in [0, 0.1) is 5.82 Å². The van der Waals surface area contributed by atoms with E-state index in [4.69, 9.17) is 24.9 Å². The van der Waals surface area contributed by atoms with Crippen LogP contribution in [0.25, 0.3) is 34.4 Å². The number of alkyl halides is 12. The van der Waals surface area contributed by atoms with E-state index in [1.54, 1.807) is 24.3 Å². The number of amides is 3. The van der Waals surface area contributed by atoms with Gasteiger partial charge in [0.2, 0.25) is 17.7 Å². The SMILES string of the molecule is O=C(Nc1nnc(-c2ccc(F)cc2)o1)c1cccc(SC(F)(F)F)c1.O=C(Nc1nnc(-c2cccc(C(F)(F)F)c2)o1)c1cccc(SC(F)(F)F)c1.O=C(Nc1nnc(-c2cccc(Cl)c2)o1)c1cccc(SC(F)(F)F)c1. The second-order valence-corrected chi connectivity index (χ2v) is 19.3. The molecule has 15 nitrogen and oxygen atoms in total. The van der Waals surface area contributed by atoms with Crippen molar-refractivity contribution in [1.82, 2.24) is 30.6 Å². The Morgan fingerprint density at radius 3 is 1.11 bits per heavy atom. The van der Waals surface area contributed by atoms with Crippen LogP contribution in [0.3, 0.4) is 0 Å². The minimum atomic E-state index is -4.56. The molecule has 32 heteroatoms. The first-order chi connectivity index (χ1) is 38.1. The average molecular weight is 1220 g/mol. The summed E-state index contributed by atoms with van der Waals surface area (Å²) < 4.78 is 179. The lowest BCUT2D eigenvalue weighted by atomic mass is 10.1. The topological polar surface area (TPSA) is 204 Å². The van der Waals surface area contributed by atoms with Gasteiger partial charge < -0.3 is 13.3 Å². The first-order valence-electron chi connectivity index (χ1n) is 21.8. The number of halogens is 14. The normalized spacial score (nSPS) is 11.6. The molecule has 0 unspecified atom stereocenters. The number of hydrogen-bond donors (Lipinski definition) is 3. The van der Waals surface area contributed by atoms with Crippen molar-refractivity contribution in [2.75, 3.05) is 16.0 Å². The maximum atomic E-state index is 12.9. The zero-order valence-electron chi connectivity index (χ0n) is 39.5. The summed E-state index contributed by atoms with van der Waals surface area (Å²) in [6, 6.07) is 30.2. The minimum absolute atomic E-state index is 0.000724. The first-order valence-corrected chi connectivity index (χ1v) is 24.7. The maximum Gasteiger partial charge on any atom is 0.446 e. The smallest absolute Gasteiger partial charge is 0.403 e. The Labute approximate surface area is 462 Å². The van der Waals surface area contributed by atoms with Gasteiger partial charge in [0, 0.05) is 53.1 Å². The van der Waals surface area contributed by atoms with Crippen molar-refractivity contribution < 1.29 is 84.7 Å². The predicted octanol–water partition coefficient (Wildman–Crippen LogP) is 15.6. The van der Waals surface area contributed by atoms with E-state index in [1.807, 2.05) is 0 Å². The van der Waals surface area contributed by atoms with Crippen molar-refractivity contribution in [3.05, 3.63) is 179 Å². The van der Waals surface area contributed by atoms with Gasteiger partial charge in [0.1, 0.15) is 5.82 Å². The van der Waals surface area contributed by atoms with Crippen LogP contribution in [-0.4, -0.2) is 64.8 Å². The lowest BCUT2D eigenvalue weighted by Gasteiger charge is -2.07. The van der Waals surface area contributed by atoms with E-state index in [0.29, 0.717) is 16.1 Å². The lowest BCUT2D eigenvalue weighted by Crippen LogP contribution is -2.12. The number of anilines is 3. The third-order valence-corrected chi connectivity index (χ3v) is 11.9. The van der Waals surface area contributed by atoms with E-state index in [-0.39, 0.29) is 102 Å². The number of thioether (sulfide) groups is 3. The van der Waals surface area contributed by atoms with Gasteiger partial charge in [0.15, 0.2) is 0 Å². The standard InChI is InChI=1S/C17H9F6N3O2S.C16H9ClF3N3O2S.C16H9F4N3O2S/c18-16(19,20)11-5-1-4-10(7-11)14-25-26-15(28-14)24-13(27)9-3-2-6-12(8-9)29-17(21,22)23;17-11-5-1-4-10(7-11)14-22-23-15(25-14)21-13(24)9-3-2-6-12(8-9)26-16(18,19)20;17-11-6-4-9(5-7-11)14-22-23-15(25-14)21-13(24)10-2-1-3-12(8-10)26-16(18,19)20/h1-8H,(H,24,26,27);2*1-8H,(H,21,23,24). The summed E-state index contributed by atoms with van der Waals surface area (Å²) in [5.41, 5.74) is -13.4. The van der Waals surface area contributed by atoms with Gasteiger partial charge >= 0.3 is 40.7 Å². The van der Waals surface area contributed by atoms with E-state index in [0.717, 1.165) is 36.4 Å². The zero-order valence-corrected chi connectivity index (χ0v) is 42.7. The highest BCUT2D eigenvalue weighted by atomic mass is 35.5. The molecule has 6 aromatic carbocycles. The van der Waals surface area contributed by atoms with E-state index in [9.17, 15) is 71.5 Å². The molecule has 3 amide bonds. The van der Waals surface area contributed by atoms with Crippen LogP contribution in [0.5, 0.6) is 0 Å². The fourth-order valence-electron chi connectivity index (χ4n) is 6.22. The molecule has 0 saturated heterocycles. The molecule has 0 aliphatic rings. The van der Waals surface area contributed by atoms with E-state index in [2.05, 4.69) is 46.5 Å². The average Bonchev–Trinajstić information content (AvgIpc) is 4.20. The fourth-order valence-corrected chi connectivity index (χ4v) is 8.21. The summed E-state index contributed by atoms with van der Waals surface area (Å²) in [5, 5.41) is 29.3. The zero-order chi connectivity index (χ0) is 58.7. The van der Waals surface area contributed by atoms with Crippen LogP contribution in [0.2, 0.25) is 5.02 Å². The summed E-state index contributed by atoms with van der Waals surface area (Å²) in [4.78, 5) is 36.1. The molecule has 9 rings (SSSR count). The van der Waals surface area contributed by atoms with Crippen molar-refractivity contribution in [1.29, 1.82) is 0 Å². The number of nitrogens with one attached hydrogen (secondary N) is 3. The quantitative estimate of drug-likeness (QED) is 0.0769. The van der Waals surface area contributed by atoms with E-state index < -0.39 is 57.8 Å². The van der Waals surface area contributed by atoms with Crippen molar-refractivity contribution in [2.45, 2.75) is 37.4 Å². The molecule has 3 N–H and O–H groups in total. The van der Waals surface area contributed by atoms with Gasteiger partial charge in [0.25, 0.3) is 17.7 Å². The molecule has 0 atom stereocenters. The summed E-state index contributed by atoms with van der Waals surface area (Å²) in [7, 11) is 0. The molecule has 9 aromatic rings. The number of hydrogen-bond acceptors (Lipinski definition) is 15. The molecule has 0 saturated carbocycles. The summed E-state index contributed by atoms with van der Waals surface area (Å²) >= 11 is 4.88. The molecule has 420 valence electrons. The van der Waals surface area contributed by atoms with E-state index in [1.165, 1.54) is 84.9 Å². The first kappa shape index (κ1) is 60.2. The molecule has 0 aliphatic heterocycles. The second kappa shape index (κ2) is 25.8. The number of rotatable bonds is 12. The number of nitrogens with zero attached hydrogens (tertiary/aromatic N) is 6. The van der Waals surface area contributed by atoms with Crippen molar-refractivity contribution in [2.24, 2.45) is 0 Å². The van der Waals surface area contributed by atoms with Gasteiger partial charge in [-0.05, 0) is 151 Å². The Morgan fingerprint density at radius 2 is 0.753 bits per heavy atom. The Balaban J connectivity index is 0.000000176. The lowest BCUT2D eigenvalue weighted by molar-refractivity contribution is -0.137. The number of carbonyl (C=O) groups is 3. The highest BCUT2D eigenvalue weighted by Crippen LogP contribution is 2.40. The van der Waals surface area contributed by atoms with Gasteiger partial charge in [-0.2, -0.15) is 52.7 Å². The van der Waals surface area contributed by atoms with Gasteiger partial charge in [-0.15, -0.1) is 15.3 Å². The van der Waals surface area contributed by atoms with Crippen LogP contribution in [0.15, 0.2) is 174 Å². The molecule has 3 aromatic heterocycles. The molecule has 0 spiro atoms. The summed E-state index contributed by atoms with van der Waals surface area (Å²) in [6.07, 6.45) is -4.56. The molecule has 0 fully saturated rings. The van der Waals surface area contributed by atoms with E-state index >= 15 is 0 Å². The Hall–Kier alpha value is -8.42. The second-order valence-electron chi connectivity index (χ2n) is 15.4. The minimum Gasteiger partial charge on any atom is -0.403 e. The Bertz CT molecular complexity index is 3650. The van der Waals surface area contributed by atoms with Crippen LogP contribution in [-0.2, 0) is 6.18 Å². The molecule has 0 aliphatic carbocycles. The monoisotopic (exact) mass is 1220 g/mol. The Kier molecular flexibility index (Phi) is 19.2. The van der Waals surface area contributed by atoms with Crippen molar-refractivity contribution >= 4 is 82.7 Å². The molecule has 0 bridgehead atoms. The van der Waals surface area contributed by atoms with Gasteiger partial charge in [-0.1, -0.05) is 57.2 Å². The molecular weight excluding hydrogens is 1190 g/mol. The summed E-state index contributed by atoms with van der Waals surface area (Å²) in [5.74, 6) is -2.70.